The largest absolute Gasteiger partial charge is 0.464 e. The smallest absolute Gasteiger partial charge is 0.328 e. The minimum Gasteiger partial charge on any atom is -0.464 e. The minimum absolute atomic E-state index is 0.265. The molecular formula is C14H25NO5. The number of ether oxygens (including phenoxy) is 3. The Morgan fingerprint density at radius 2 is 1.70 bits per heavy atom. The molecule has 0 aliphatic heterocycles. The number of carbonyl (C=O) groups excluding carboxylic acids is 2. The summed E-state index contributed by atoms with van der Waals surface area (Å²) in [5.74, 6) is -0.943. The van der Waals surface area contributed by atoms with Gasteiger partial charge in [0.15, 0.2) is 0 Å². The Morgan fingerprint density at radius 3 is 2.15 bits per heavy atom. The Kier molecular flexibility index (Phi) is 10.6. The van der Waals surface area contributed by atoms with Crippen LogP contribution in [0.3, 0.4) is 0 Å². The van der Waals surface area contributed by atoms with Crippen molar-refractivity contribution < 1.29 is 23.8 Å². The van der Waals surface area contributed by atoms with Crippen LogP contribution in [0.5, 0.6) is 0 Å². The lowest BCUT2D eigenvalue weighted by atomic mass is 10.2. The molecule has 1 atom stereocenters. The summed E-state index contributed by atoms with van der Waals surface area (Å²) in [7, 11) is 0. The van der Waals surface area contributed by atoms with Gasteiger partial charge in [0, 0.05) is 13.2 Å². The molecule has 0 bridgehead atoms. The lowest BCUT2D eigenvalue weighted by molar-refractivity contribution is -0.172. The van der Waals surface area contributed by atoms with Gasteiger partial charge in [-0.05, 0) is 34.1 Å². The zero-order chi connectivity index (χ0) is 15.4. The molecule has 0 rings (SSSR count). The Labute approximate surface area is 120 Å². The quantitative estimate of drug-likeness (QED) is 0.373. The highest BCUT2D eigenvalue weighted by Crippen LogP contribution is 2.02. The van der Waals surface area contributed by atoms with Crippen LogP contribution in [0.4, 0.5) is 0 Å². The maximum atomic E-state index is 12.0. The average molecular weight is 287 g/mol. The van der Waals surface area contributed by atoms with Crippen LogP contribution in [0.1, 0.15) is 34.1 Å². The van der Waals surface area contributed by atoms with Crippen LogP contribution in [0.2, 0.25) is 0 Å². The molecule has 1 N–H and O–H groups in total. The first-order chi connectivity index (χ1) is 9.60. The number of carbonyl (C=O) groups is 2. The first kappa shape index (κ1) is 18.6. The predicted molar refractivity (Wildman–Crippen MR) is 75.0 cm³/mol. The third-order valence-electron chi connectivity index (χ3n) is 2.35. The number of esters is 1. The zero-order valence-electron chi connectivity index (χ0n) is 12.7. The van der Waals surface area contributed by atoms with Gasteiger partial charge in [-0.1, -0.05) is 12.2 Å². The maximum absolute atomic E-state index is 12.0. The van der Waals surface area contributed by atoms with E-state index in [1.54, 1.807) is 32.9 Å². The summed E-state index contributed by atoms with van der Waals surface area (Å²) < 4.78 is 15.3. The standard InChI is InChI=1S/C14H25NO5/c1-5-9-10-11(13(17)18-6-2)15-12(16)14(19-7-3)20-8-4/h5,9,11,14H,6-8,10H2,1-4H3,(H,15,16)/b9-5-. The topological polar surface area (TPSA) is 73.9 Å². The van der Waals surface area contributed by atoms with Crippen molar-refractivity contribution in [1.82, 2.24) is 5.32 Å². The zero-order valence-corrected chi connectivity index (χ0v) is 12.7. The third-order valence-corrected chi connectivity index (χ3v) is 2.35. The van der Waals surface area contributed by atoms with E-state index in [1.807, 2.05) is 6.92 Å². The Bertz CT molecular complexity index is 311. The second-order valence-corrected chi connectivity index (χ2v) is 3.86. The van der Waals surface area contributed by atoms with Crippen LogP contribution in [-0.4, -0.2) is 44.0 Å². The summed E-state index contributed by atoms with van der Waals surface area (Å²) in [6.45, 7) is 8.04. The van der Waals surface area contributed by atoms with Crippen LogP contribution in [-0.2, 0) is 23.8 Å². The fourth-order valence-corrected chi connectivity index (χ4v) is 1.47. The molecule has 0 aromatic carbocycles. The van der Waals surface area contributed by atoms with E-state index in [0.29, 0.717) is 19.6 Å². The Balaban J connectivity index is 4.66. The van der Waals surface area contributed by atoms with Gasteiger partial charge in [-0.15, -0.1) is 0 Å². The van der Waals surface area contributed by atoms with Gasteiger partial charge >= 0.3 is 5.97 Å². The minimum atomic E-state index is -1.01. The average Bonchev–Trinajstić information content (AvgIpc) is 2.43. The number of rotatable bonds is 10. The van der Waals surface area contributed by atoms with Crippen LogP contribution >= 0.6 is 0 Å². The van der Waals surface area contributed by atoms with E-state index in [2.05, 4.69) is 5.32 Å². The number of hydrogen-bond acceptors (Lipinski definition) is 5. The number of amides is 1. The fraction of sp³-hybridized carbons (Fsp3) is 0.714. The molecule has 0 fully saturated rings. The van der Waals surface area contributed by atoms with Crippen LogP contribution in [0.15, 0.2) is 12.2 Å². The van der Waals surface area contributed by atoms with E-state index >= 15 is 0 Å². The van der Waals surface area contributed by atoms with Crippen molar-refractivity contribution in [2.24, 2.45) is 0 Å². The van der Waals surface area contributed by atoms with Crippen molar-refractivity contribution in [2.75, 3.05) is 19.8 Å². The number of allylic oxidation sites excluding steroid dienone is 1. The van der Waals surface area contributed by atoms with Gasteiger partial charge in [0.25, 0.3) is 5.91 Å². The van der Waals surface area contributed by atoms with Crippen molar-refractivity contribution in [2.45, 2.75) is 46.4 Å². The molecule has 0 radical (unpaired) electrons. The van der Waals surface area contributed by atoms with E-state index in [1.165, 1.54) is 0 Å². The third kappa shape index (κ3) is 7.25. The first-order valence-corrected chi connectivity index (χ1v) is 6.91. The molecule has 0 heterocycles. The summed E-state index contributed by atoms with van der Waals surface area (Å²) in [4.78, 5) is 23.8. The molecule has 0 aromatic rings. The molecule has 20 heavy (non-hydrogen) atoms. The molecule has 6 heteroatoms. The van der Waals surface area contributed by atoms with Crippen molar-refractivity contribution >= 4 is 11.9 Å². The highest BCUT2D eigenvalue weighted by molar-refractivity contribution is 5.86. The molecule has 1 unspecified atom stereocenters. The van der Waals surface area contributed by atoms with Crippen molar-refractivity contribution in [3.8, 4) is 0 Å². The Morgan fingerprint density at radius 1 is 1.10 bits per heavy atom. The summed E-state index contributed by atoms with van der Waals surface area (Å²) in [5, 5.41) is 2.59. The van der Waals surface area contributed by atoms with Gasteiger partial charge in [-0.25, -0.2) is 4.79 Å². The van der Waals surface area contributed by atoms with E-state index in [-0.39, 0.29) is 6.61 Å². The molecular weight excluding hydrogens is 262 g/mol. The molecule has 0 aliphatic carbocycles. The van der Waals surface area contributed by atoms with Gasteiger partial charge in [0.05, 0.1) is 6.61 Å². The lowest BCUT2D eigenvalue weighted by Gasteiger charge is -2.20. The van der Waals surface area contributed by atoms with Gasteiger partial charge in [0.1, 0.15) is 6.04 Å². The maximum Gasteiger partial charge on any atom is 0.328 e. The molecule has 0 saturated carbocycles. The van der Waals surface area contributed by atoms with E-state index in [0.717, 1.165) is 0 Å². The molecule has 0 aromatic heterocycles. The van der Waals surface area contributed by atoms with Crippen molar-refractivity contribution in [1.29, 1.82) is 0 Å². The summed E-state index contributed by atoms with van der Waals surface area (Å²) >= 11 is 0. The van der Waals surface area contributed by atoms with Crippen molar-refractivity contribution in [3.05, 3.63) is 12.2 Å². The van der Waals surface area contributed by atoms with Gasteiger partial charge in [0.2, 0.25) is 6.29 Å². The number of nitrogens with one attached hydrogen (secondary N) is 1. The van der Waals surface area contributed by atoms with Crippen LogP contribution in [0, 0.1) is 0 Å². The summed E-state index contributed by atoms with van der Waals surface area (Å²) in [6.07, 6.45) is 2.96. The summed E-state index contributed by atoms with van der Waals surface area (Å²) in [5.41, 5.74) is 0. The predicted octanol–water partition coefficient (Wildman–Crippen LogP) is 1.40. The molecule has 0 saturated heterocycles. The monoisotopic (exact) mass is 287 g/mol. The van der Waals surface area contributed by atoms with Gasteiger partial charge < -0.3 is 19.5 Å². The van der Waals surface area contributed by atoms with E-state index in [9.17, 15) is 9.59 Å². The molecule has 0 spiro atoms. The normalized spacial score (nSPS) is 12.7. The lowest BCUT2D eigenvalue weighted by Crippen LogP contribution is -2.47. The second kappa shape index (κ2) is 11.4. The molecule has 0 aliphatic rings. The van der Waals surface area contributed by atoms with E-state index < -0.39 is 24.2 Å². The SMILES string of the molecule is C/C=C\CC(NC(=O)C(OCC)OCC)C(=O)OCC. The van der Waals surface area contributed by atoms with Crippen LogP contribution < -0.4 is 5.32 Å². The van der Waals surface area contributed by atoms with Gasteiger partial charge in [-0.3, -0.25) is 4.79 Å². The van der Waals surface area contributed by atoms with E-state index in [4.69, 9.17) is 14.2 Å². The fourth-order valence-electron chi connectivity index (χ4n) is 1.47. The van der Waals surface area contributed by atoms with Crippen molar-refractivity contribution in [3.63, 3.8) is 0 Å². The second-order valence-electron chi connectivity index (χ2n) is 3.86. The molecule has 1 amide bonds. The summed E-state index contributed by atoms with van der Waals surface area (Å²) in [6, 6.07) is -0.734. The highest BCUT2D eigenvalue weighted by Gasteiger charge is 2.26. The molecule has 116 valence electrons. The van der Waals surface area contributed by atoms with Gasteiger partial charge in [-0.2, -0.15) is 0 Å². The Hall–Kier alpha value is -1.40. The first-order valence-electron chi connectivity index (χ1n) is 6.91. The number of hydrogen-bond donors (Lipinski definition) is 1. The molecule has 6 nitrogen and oxygen atoms in total. The highest BCUT2D eigenvalue weighted by atomic mass is 16.7. The van der Waals surface area contributed by atoms with Crippen LogP contribution in [0.25, 0.3) is 0 Å².